The number of halogens is 1. The van der Waals surface area contributed by atoms with Crippen LogP contribution >= 0.6 is 35.3 Å². The Morgan fingerprint density at radius 1 is 1.16 bits per heavy atom. The molecule has 25 heavy (non-hydrogen) atoms. The molecule has 0 aliphatic carbocycles. The van der Waals surface area contributed by atoms with E-state index in [-0.39, 0.29) is 24.0 Å². The summed E-state index contributed by atoms with van der Waals surface area (Å²) >= 11 is 1.75. The first-order valence-corrected chi connectivity index (χ1v) is 8.84. The van der Waals surface area contributed by atoms with Gasteiger partial charge in [0.25, 0.3) is 0 Å². The Bertz CT molecular complexity index is 751. The van der Waals surface area contributed by atoms with Crippen molar-refractivity contribution in [2.75, 3.05) is 13.1 Å². The molecule has 0 aliphatic rings. The van der Waals surface area contributed by atoms with E-state index in [0.29, 0.717) is 5.96 Å². The number of hydrogen-bond acceptors (Lipinski definition) is 3. The average molecular weight is 467 g/mol. The summed E-state index contributed by atoms with van der Waals surface area (Å²) in [6, 6.07) is 14.5. The second-order valence-corrected chi connectivity index (χ2v) is 6.42. The average Bonchev–Trinajstić information content (AvgIpc) is 3.29. The maximum atomic E-state index is 5.90. The zero-order valence-corrected chi connectivity index (χ0v) is 17.0. The van der Waals surface area contributed by atoms with Gasteiger partial charge in [0, 0.05) is 36.8 Å². The largest absolute Gasteiger partial charge is 0.370 e. The first kappa shape index (κ1) is 19.5. The summed E-state index contributed by atoms with van der Waals surface area (Å²) in [7, 11) is 0. The first-order chi connectivity index (χ1) is 11.8. The summed E-state index contributed by atoms with van der Waals surface area (Å²) in [5.41, 5.74) is 8.21. The summed E-state index contributed by atoms with van der Waals surface area (Å²) < 4.78 is 1.85. The molecule has 5 nitrogen and oxygen atoms in total. The Kier molecular flexibility index (Phi) is 7.93. The third-order valence-electron chi connectivity index (χ3n) is 3.65. The Morgan fingerprint density at radius 2 is 2.00 bits per heavy atom. The quantitative estimate of drug-likeness (QED) is 0.319. The number of rotatable bonds is 7. The fraction of sp³-hybridized carbons (Fsp3) is 0.222. The van der Waals surface area contributed by atoms with E-state index in [2.05, 4.69) is 57.2 Å². The molecule has 1 aromatic carbocycles. The van der Waals surface area contributed by atoms with Gasteiger partial charge in [-0.25, -0.2) is 4.68 Å². The fourth-order valence-corrected chi connectivity index (χ4v) is 3.07. The molecule has 0 amide bonds. The molecule has 3 N–H and O–H groups in total. The minimum Gasteiger partial charge on any atom is -0.370 e. The van der Waals surface area contributed by atoms with Crippen LogP contribution in [0.5, 0.6) is 0 Å². The lowest BCUT2D eigenvalue weighted by molar-refractivity contribution is 0.841. The molecular formula is C18H22IN5S. The first-order valence-electron chi connectivity index (χ1n) is 7.96. The van der Waals surface area contributed by atoms with E-state index in [4.69, 9.17) is 5.73 Å². The van der Waals surface area contributed by atoms with E-state index in [1.807, 2.05) is 16.9 Å². The van der Waals surface area contributed by atoms with E-state index in [1.165, 1.54) is 10.4 Å². The summed E-state index contributed by atoms with van der Waals surface area (Å²) in [4.78, 5) is 5.69. The number of thiophene rings is 1. The molecule has 2 heterocycles. The van der Waals surface area contributed by atoms with E-state index in [1.54, 1.807) is 17.5 Å². The van der Waals surface area contributed by atoms with E-state index >= 15 is 0 Å². The van der Waals surface area contributed by atoms with Gasteiger partial charge < -0.3 is 11.1 Å². The Hall–Kier alpha value is -1.87. The summed E-state index contributed by atoms with van der Waals surface area (Å²) in [5.74, 6) is 0.514. The van der Waals surface area contributed by atoms with Crippen molar-refractivity contribution in [3.63, 3.8) is 0 Å². The Balaban J connectivity index is 0.00000225. The lowest BCUT2D eigenvalue weighted by atomic mass is 10.1. The Morgan fingerprint density at radius 3 is 2.68 bits per heavy atom. The van der Waals surface area contributed by atoms with E-state index in [0.717, 1.165) is 31.6 Å². The van der Waals surface area contributed by atoms with Crippen molar-refractivity contribution in [1.82, 2.24) is 15.1 Å². The summed E-state index contributed by atoms with van der Waals surface area (Å²) in [6.07, 6.45) is 5.55. The van der Waals surface area contributed by atoms with Crippen LogP contribution in [-0.2, 0) is 12.8 Å². The monoisotopic (exact) mass is 467 g/mol. The molecule has 3 aromatic rings. The van der Waals surface area contributed by atoms with Gasteiger partial charge >= 0.3 is 0 Å². The van der Waals surface area contributed by atoms with Crippen molar-refractivity contribution in [2.24, 2.45) is 10.7 Å². The number of guanidine groups is 1. The van der Waals surface area contributed by atoms with Gasteiger partial charge in [-0.3, -0.25) is 4.99 Å². The maximum absolute atomic E-state index is 5.90. The summed E-state index contributed by atoms with van der Waals surface area (Å²) in [6.45, 7) is 1.49. The van der Waals surface area contributed by atoms with Gasteiger partial charge in [-0.05, 0) is 41.6 Å². The predicted molar refractivity (Wildman–Crippen MR) is 115 cm³/mol. The molecule has 7 heteroatoms. The molecule has 0 radical (unpaired) electrons. The van der Waals surface area contributed by atoms with Crippen LogP contribution < -0.4 is 11.1 Å². The maximum Gasteiger partial charge on any atom is 0.188 e. The molecule has 0 bridgehead atoms. The normalized spacial score (nSPS) is 11.1. The molecule has 3 rings (SSSR count). The molecule has 0 spiro atoms. The number of hydrogen-bond donors (Lipinski definition) is 2. The standard InChI is InChI=1S/C18H21N5S.HI/c19-18(21-12-9-17-3-1-14-24-17)20-11-8-15-4-6-16(7-5-15)23-13-2-10-22-23;/h1-7,10,13-14H,8-9,11-12H2,(H3,19,20,21);1H. The second-order valence-electron chi connectivity index (χ2n) is 5.39. The van der Waals surface area contributed by atoms with Crippen molar-refractivity contribution in [3.05, 3.63) is 70.7 Å². The molecule has 0 unspecified atom stereocenters. The van der Waals surface area contributed by atoms with Crippen LogP contribution in [-0.4, -0.2) is 28.8 Å². The van der Waals surface area contributed by atoms with Crippen LogP contribution in [0.15, 0.2) is 65.2 Å². The van der Waals surface area contributed by atoms with Gasteiger partial charge in [-0.1, -0.05) is 18.2 Å². The van der Waals surface area contributed by atoms with Crippen molar-refractivity contribution < 1.29 is 0 Å². The molecule has 0 fully saturated rings. The zero-order chi connectivity index (χ0) is 16.6. The van der Waals surface area contributed by atoms with Crippen LogP contribution in [0.4, 0.5) is 0 Å². The van der Waals surface area contributed by atoms with Gasteiger partial charge in [0.15, 0.2) is 5.96 Å². The minimum absolute atomic E-state index is 0. The number of nitrogens with one attached hydrogen (secondary N) is 1. The summed E-state index contributed by atoms with van der Waals surface area (Å²) in [5, 5.41) is 9.47. The predicted octanol–water partition coefficient (Wildman–Crippen LogP) is 3.24. The molecule has 0 atom stereocenters. The highest BCUT2D eigenvalue weighted by molar-refractivity contribution is 14.0. The van der Waals surface area contributed by atoms with Crippen LogP contribution in [0.2, 0.25) is 0 Å². The van der Waals surface area contributed by atoms with Crippen LogP contribution in [0.3, 0.4) is 0 Å². The number of nitrogens with zero attached hydrogens (tertiary/aromatic N) is 3. The minimum atomic E-state index is 0. The van der Waals surface area contributed by atoms with Crippen molar-refractivity contribution in [2.45, 2.75) is 12.8 Å². The van der Waals surface area contributed by atoms with E-state index in [9.17, 15) is 0 Å². The molecule has 2 aromatic heterocycles. The topological polar surface area (TPSA) is 68.2 Å². The number of aliphatic imine (C=N–C) groups is 1. The molecular weight excluding hydrogens is 445 g/mol. The fourth-order valence-electron chi connectivity index (χ4n) is 2.37. The van der Waals surface area contributed by atoms with Gasteiger partial charge in [-0.2, -0.15) is 5.10 Å². The lowest BCUT2D eigenvalue weighted by Crippen LogP contribution is -2.33. The number of nitrogens with two attached hydrogens (primary N) is 1. The van der Waals surface area contributed by atoms with Gasteiger partial charge in [0.2, 0.25) is 0 Å². The molecule has 0 saturated heterocycles. The lowest BCUT2D eigenvalue weighted by Gasteiger charge is -2.07. The smallest absolute Gasteiger partial charge is 0.188 e. The third-order valence-corrected chi connectivity index (χ3v) is 4.58. The van der Waals surface area contributed by atoms with Crippen LogP contribution in [0.25, 0.3) is 5.69 Å². The highest BCUT2D eigenvalue weighted by atomic mass is 127. The number of aromatic nitrogens is 2. The molecule has 0 aliphatic heterocycles. The number of benzene rings is 1. The SMILES string of the molecule is I.NC(=NCCc1cccs1)NCCc1ccc(-n2cccn2)cc1. The van der Waals surface area contributed by atoms with Gasteiger partial charge in [0.1, 0.15) is 0 Å². The highest BCUT2D eigenvalue weighted by Crippen LogP contribution is 2.09. The van der Waals surface area contributed by atoms with Crippen molar-refractivity contribution in [3.8, 4) is 5.69 Å². The molecule has 0 saturated carbocycles. The van der Waals surface area contributed by atoms with Crippen molar-refractivity contribution in [1.29, 1.82) is 0 Å². The Labute approximate surface area is 169 Å². The van der Waals surface area contributed by atoms with Crippen LogP contribution in [0, 0.1) is 0 Å². The van der Waals surface area contributed by atoms with Crippen LogP contribution in [0.1, 0.15) is 10.4 Å². The van der Waals surface area contributed by atoms with Gasteiger partial charge in [-0.15, -0.1) is 35.3 Å². The highest BCUT2D eigenvalue weighted by Gasteiger charge is 1.98. The molecule has 132 valence electrons. The zero-order valence-electron chi connectivity index (χ0n) is 13.8. The third kappa shape index (κ3) is 6.17. The van der Waals surface area contributed by atoms with Crippen molar-refractivity contribution >= 4 is 41.3 Å². The second kappa shape index (κ2) is 10.2. The van der Waals surface area contributed by atoms with Gasteiger partial charge in [0.05, 0.1) is 5.69 Å². The van der Waals surface area contributed by atoms with E-state index < -0.39 is 0 Å².